The van der Waals surface area contributed by atoms with Crippen LogP contribution in [0.15, 0.2) is 35.3 Å². The Hall–Kier alpha value is -5.22. The number of nitrogens with two attached hydrogens (primary N) is 2. The first-order valence-corrected chi connectivity index (χ1v) is 20.0. The van der Waals surface area contributed by atoms with Gasteiger partial charge in [-0.25, -0.2) is 0 Å². The van der Waals surface area contributed by atoms with Gasteiger partial charge in [-0.3, -0.25) is 38.6 Å². The molecule has 6 atom stereocenters. The highest BCUT2D eigenvalue weighted by atomic mass is 16.2. The Morgan fingerprint density at radius 2 is 1.57 bits per heavy atom. The van der Waals surface area contributed by atoms with Crippen LogP contribution in [0.25, 0.3) is 0 Å². The fourth-order valence-electron chi connectivity index (χ4n) is 7.68. The fourth-order valence-corrected chi connectivity index (χ4v) is 7.68. The third-order valence-corrected chi connectivity index (χ3v) is 10.7. The van der Waals surface area contributed by atoms with Crippen LogP contribution in [0, 0.1) is 5.92 Å². The average Bonchev–Trinajstić information content (AvgIpc) is 3.67. The van der Waals surface area contributed by atoms with Gasteiger partial charge in [0.2, 0.25) is 41.4 Å². The van der Waals surface area contributed by atoms with E-state index in [0.717, 1.165) is 37.7 Å². The summed E-state index contributed by atoms with van der Waals surface area (Å²) in [5.74, 6) is -3.46. The van der Waals surface area contributed by atoms with E-state index in [-0.39, 0.29) is 57.2 Å². The van der Waals surface area contributed by atoms with Crippen molar-refractivity contribution in [2.75, 3.05) is 19.6 Å². The quantitative estimate of drug-likeness (QED) is 0.0826. The van der Waals surface area contributed by atoms with Crippen LogP contribution < -0.4 is 43.4 Å². The summed E-state index contributed by atoms with van der Waals surface area (Å²) in [6.45, 7) is 3.40. The molecule has 2 heterocycles. The lowest BCUT2D eigenvalue weighted by Crippen LogP contribution is -2.59. The number of carbonyl (C=O) groups is 7. The normalized spacial score (nSPS) is 25.2. The van der Waals surface area contributed by atoms with Crippen molar-refractivity contribution >= 4 is 47.3 Å². The van der Waals surface area contributed by atoms with Gasteiger partial charge in [0.05, 0.1) is 0 Å². The largest absolute Gasteiger partial charge is 0.370 e. The molecular weight excluding hydrogens is 720 g/mol. The number of hydrogen-bond donors (Lipinski definition) is 8. The molecule has 4 rings (SSSR count). The summed E-state index contributed by atoms with van der Waals surface area (Å²) in [5.41, 5.74) is 11.7. The maximum atomic E-state index is 14.4. The number of aliphatic imine (C=N–C) groups is 1. The molecule has 0 bridgehead atoms. The third-order valence-electron chi connectivity index (χ3n) is 10.7. The number of rotatable bonds is 11. The molecule has 17 nitrogen and oxygen atoms in total. The van der Waals surface area contributed by atoms with Crippen molar-refractivity contribution in [3.63, 3.8) is 0 Å². The van der Waals surface area contributed by atoms with Crippen molar-refractivity contribution in [3.05, 3.63) is 35.9 Å². The summed E-state index contributed by atoms with van der Waals surface area (Å²) >= 11 is 0. The molecule has 1 saturated carbocycles. The molecule has 1 aromatic rings. The Balaban J connectivity index is 1.62. The van der Waals surface area contributed by atoms with E-state index in [1.807, 2.05) is 30.3 Å². The number of nitrogens with zero attached hydrogens (tertiary/aromatic N) is 2. The summed E-state index contributed by atoms with van der Waals surface area (Å²) in [7, 11) is 0. The topological polar surface area (TPSA) is 259 Å². The molecule has 0 radical (unpaired) electrons. The highest BCUT2D eigenvalue weighted by Crippen LogP contribution is 2.28. The SMILES string of the molecule is CC(=O)N[C@H](Cc1ccccc1)C(=O)N[C@@H]1CCCNC(=O)[C@H](CCCN=C(N)N)NC(=O)[C@H](C)NC(=O)[C@H](CC2CCCCC2)NC(=O)[C@@H]2CCCN2C1=O. The number of carbonyl (C=O) groups excluding carboxylic acids is 7. The molecule has 1 aliphatic carbocycles. The lowest BCUT2D eigenvalue weighted by molar-refractivity contribution is -0.142. The Morgan fingerprint density at radius 1 is 0.857 bits per heavy atom. The van der Waals surface area contributed by atoms with Crippen molar-refractivity contribution < 1.29 is 33.6 Å². The van der Waals surface area contributed by atoms with Gasteiger partial charge in [-0.1, -0.05) is 62.4 Å². The zero-order chi connectivity index (χ0) is 40.6. The van der Waals surface area contributed by atoms with Gasteiger partial charge in [0, 0.05) is 33.0 Å². The molecule has 1 aromatic carbocycles. The smallest absolute Gasteiger partial charge is 0.245 e. The molecule has 3 aliphatic rings. The van der Waals surface area contributed by atoms with Gasteiger partial charge >= 0.3 is 0 Å². The van der Waals surface area contributed by atoms with Crippen LogP contribution >= 0.6 is 0 Å². The van der Waals surface area contributed by atoms with Crippen molar-refractivity contribution in [2.45, 2.75) is 134 Å². The lowest BCUT2D eigenvalue weighted by atomic mass is 9.84. The molecular formula is C39H60N10O7. The lowest BCUT2D eigenvalue weighted by Gasteiger charge is -2.32. The third kappa shape index (κ3) is 13.5. The minimum atomic E-state index is -1.10. The molecule has 0 unspecified atom stereocenters. The zero-order valence-corrected chi connectivity index (χ0v) is 32.6. The van der Waals surface area contributed by atoms with Crippen LogP contribution in [0.3, 0.4) is 0 Å². The van der Waals surface area contributed by atoms with Gasteiger partial charge in [0.1, 0.15) is 36.3 Å². The average molecular weight is 781 g/mol. The summed E-state index contributed by atoms with van der Waals surface area (Å²) in [5, 5.41) is 16.8. The Kier molecular flexibility index (Phi) is 16.9. The standard InChI is InChI=1S/C39H60N10O7/c1-24-33(51)46-28(16-9-20-43-39(40)41)34(52)42-19-10-17-29(47-36(54)30(45-25(2)50)22-26-12-5-3-6-13-26)38(56)49-21-11-18-32(49)37(55)48-31(35(53)44-24)23-27-14-7-4-8-15-27/h3,5-6,12-13,24,27-32H,4,7-11,14-23H2,1-2H3,(H,42,52)(H,44,53)(H,45,50)(H,46,51)(H,47,54)(H,48,55)(H4,40,41,43)/t24-,28-,29+,30+,31-,32-/m0/s1. The van der Waals surface area contributed by atoms with Crippen LogP contribution in [-0.2, 0) is 40.0 Å². The van der Waals surface area contributed by atoms with Crippen molar-refractivity contribution in [3.8, 4) is 0 Å². The number of guanidine groups is 1. The molecule has 308 valence electrons. The van der Waals surface area contributed by atoms with Crippen LogP contribution in [0.1, 0.15) is 96.5 Å². The predicted octanol–water partition coefficient (Wildman–Crippen LogP) is -0.382. The summed E-state index contributed by atoms with van der Waals surface area (Å²) in [6.07, 6.45) is 7.30. The molecule has 10 N–H and O–H groups in total. The van der Waals surface area contributed by atoms with E-state index in [0.29, 0.717) is 25.7 Å². The van der Waals surface area contributed by atoms with Crippen LogP contribution in [0.2, 0.25) is 0 Å². The Bertz CT molecular complexity index is 1560. The molecule has 0 spiro atoms. The van der Waals surface area contributed by atoms with Crippen molar-refractivity contribution in [1.82, 2.24) is 36.8 Å². The Morgan fingerprint density at radius 3 is 2.27 bits per heavy atom. The van der Waals surface area contributed by atoms with E-state index in [2.05, 4.69) is 36.9 Å². The van der Waals surface area contributed by atoms with E-state index < -0.39 is 77.6 Å². The summed E-state index contributed by atoms with van der Waals surface area (Å²) in [4.78, 5) is 100. The second-order valence-corrected chi connectivity index (χ2v) is 15.2. The predicted molar refractivity (Wildman–Crippen MR) is 209 cm³/mol. The number of fused-ring (bicyclic) bond motifs is 1. The minimum Gasteiger partial charge on any atom is -0.370 e. The molecule has 56 heavy (non-hydrogen) atoms. The van der Waals surface area contributed by atoms with Crippen LogP contribution in [0.4, 0.5) is 0 Å². The van der Waals surface area contributed by atoms with Crippen molar-refractivity contribution in [2.24, 2.45) is 22.4 Å². The number of benzene rings is 1. The van der Waals surface area contributed by atoms with E-state index in [1.165, 1.54) is 18.7 Å². The first-order valence-electron chi connectivity index (χ1n) is 20.0. The fraction of sp³-hybridized carbons (Fsp3) is 0.641. The van der Waals surface area contributed by atoms with Crippen molar-refractivity contribution in [1.29, 1.82) is 0 Å². The monoisotopic (exact) mass is 780 g/mol. The van der Waals surface area contributed by atoms with E-state index in [4.69, 9.17) is 11.5 Å². The maximum absolute atomic E-state index is 14.4. The van der Waals surface area contributed by atoms with Gasteiger partial charge in [-0.2, -0.15) is 0 Å². The van der Waals surface area contributed by atoms with Gasteiger partial charge in [-0.05, 0) is 63.4 Å². The molecule has 0 aromatic heterocycles. The summed E-state index contributed by atoms with van der Waals surface area (Å²) in [6, 6.07) is 3.18. The molecule has 17 heteroatoms. The highest BCUT2D eigenvalue weighted by Gasteiger charge is 2.40. The van der Waals surface area contributed by atoms with Gasteiger partial charge in [0.15, 0.2) is 5.96 Å². The van der Waals surface area contributed by atoms with Gasteiger partial charge in [0.25, 0.3) is 0 Å². The zero-order valence-electron chi connectivity index (χ0n) is 32.6. The molecule has 2 aliphatic heterocycles. The summed E-state index contributed by atoms with van der Waals surface area (Å²) < 4.78 is 0. The van der Waals surface area contributed by atoms with Gasteiger partial charge in [-0.15, -0.1) is 0 Å². The second kappa shape index (κ2) is 21.8. The number of amides is 7. The minimum absolute atomic E-state index is 0.0942. The Labute approximate surface area is 328 Å². The number of nitrogens with one attached hydrogen (secondary N) is 6. The molecule has 7 amide bonds. The number of hydrogen-bond acceptors (Lipinski definition) is 8. The van der Waals surface area contributed by atoms with E-state index >= 15 is 0 Å². The first-order chi connectivity index (χ1) is 26.8. The maximum Gasteiger partial charge on any atom is 0.245 e. The highest BCUT2D eigenvalue weighted by molar-refractivity contribution is 5.97. The van der Waals surface area contributed by atoms with Crippen LogP contribution in [0.5, 0.6) is 0 Å². The van der Waals surface area contributed by atoms with Gasteiger partial charge < -0.3 is 48.3 Å². The second-order valence-electron chi connectivity index (χ2n) is 15.2. The molecule has 3 fully saturated rings. The molecule has 2 saturated heterocycles. The van der Waals surface area contributed by atoms with E-state index in [1.54, 1.807) is 0 Å². The van der Waals surface area contributed by atoms with E-state index in [9.17, 15) is 33.6 Å². The first kappa shape index (κ1) is 43.5. The van der Waals surface area contributed by atoms with Crippen LogP contribution in [-0.4, -0.2) is 108 Å².